The third-order valence-corrected chi connectivity index (χ3v) is 2.55. The summed E-state index contributed by atoms with van der Waals surface area (Å²) in [6.45, 7) is 3.47. The first-order valence-corrected chi connectivity index (χ1v) is 5.48. The number of carbonyl (C=O) groups is 1. The quantitative estimate of drug-likeness (QED) is 0.583. The molecule has 5 heteroatoms. The van der Waals surface area contributed by atoms with Crippen LogP contribution in [0.2, 0.25) is 0 Å². The summed E-state index contributed by atoms with van der Waals surface area (Å²) >= 11 is 0. The van der Waals surface area contributed by atoms with E-state index in [4.69, 9.17) is 5.11 Å². The number of anilines is 1. The number of aryl methyl sites for hydroxylation is 1. The Hall–Kier alpha value is -1.59. The van der Waals surface area contributed by atoms with Crippen molar-refractivity contribution in [3.63, 3.8) is 0 Å². The summed E-state index contributed by atoms with van der Waals surface area (Å²) < 4.78 is 0. The van der Waals surface area contributed by atoms with Gasteiger partial charge >= 0.3 is 5.97 Å². The van der Waals surface area contributed by atoms with E-state index in [1.807, 2.05) is 6.92 Å². The van der Waals surface area contributed by atoms with Gasteiger partial charge in [0.25, 0.3) is 0 Å². The third kappa shape index (κ3) is 3.44. The first-order chi connectivity index (χ1) is 7.89. The predicted octanol–water partition coefficient (Wildman–Crippen LogP) is 1.41. The molecule has 0 aromatic heterocycles. The molecule has 5 nitrogen and oxygen atoms in total. The molecular formula is C12H17NO4. The van der Waals surface area contributed by atoms with Gasteiger partial charge in [0.15, 0.2) is 0 Å². The third-order valence-electron chi connectivity index (χ3n) is 2.55. The van der Waals surface area contributed by atoms with E-state index in [1.165, 1.54) is 12.1 Å². The molecule has 1 aromatic rings. The normalized spacial score (nSPS) is 11.3. The van der Waals surface area contributed by atoms with Crippen molar-refractivity contribution in [3.05, 3.63) is 29.3 Å². The largest absolute Gasteiger partial charge is 0.478 e. The highest BCUT2D eigenvalue weighted by Crippen LogP contribution is 2.19. The lowest BCUT2D eigenvalue weighted by Crippen LogP contribution is -2.36. The molecule has 0 unspecified atom stereocenters. The molecule has 94 valence electrons. The molecule has 0 heterocycles. The molecular weight excluding hydrogens is 222 g/mol. The SMILES string of the molecule is CCc1cc(NC(O)(O)CC)ccc1C(=O)O. The molecule has 0 atom stereocenters. The van der Waals surface area contributed by atoms with Gasteiger partial charge in [-0.1, -0.05) is 13.8 Å². The molecule has 0 spiro atoms. The zero-order valence-corrected chi connectivity index (χ0v) is 9.90. The number of rotatable bonds is 5. The van der Waals surface area contributed by atoms with E-state index in [1.54, 1.807) is 13.0 Å². The lowest BCUT2D eigenvalue weighted by atomic mass is 10.0. The molecule has 0 fully saturated rings. The first kappa shape index (κ1) is 13.5. The molecule has 1 aromatic carbocycles. The average Bonchev–Trinajstić information content (AvgIpc) is 2.28. The van der Waals surface area contributed by atoms with Crippen LogP contribution in [0, 0.1) is 0 Å². The van der Waals surface area contributed by atoms with Crippen LogP contribution in [0.5, 0.6) is 0 Å². The number of benzene rings is 1. The van der Waals surface area contributed by atoms with Crippen molar-refractivity contribution in [1.29, 1.82) is 0 Å². The topological polar surface area (TPSA) is 89.8 Å². The molecule has 0 radical (unpaired) electrons. The Balaban J connectivity index is 3.02. The van der Waals surface area contributed by atoms with Crippen molar-refractivity contribution in [2.75, 3.05) is 5.32 Å². The van der Waals surface area contributed by atoms with Crippen molar-refractivity contribution < 1.29 is 20.1 Å². The highest BCUT2D eigenvalue weighted by Gasteiger charge is 2.20. The second-order valence-corrected chi connectivity index (χ2v) is 3.83. The molecule has 0 aliphatic carbocycles. The van der Waals surface area contributed by atoms with E-state index in [0.29, 0.717) is 17.7 Å². The van der Waals surface area contributed by atoms with Crippen LogP contribution in [0.4, 0.5) is 5.69 Å². The van der Waals surface area contributed by atoms with Gasteiger partial charge in [-0.25, -0.2) is 4.79 Å². The molecule has 0 amide bonds. The maximum Gasteiger partial charge on any atom is 0.335 e. The monoisotopic (exact) mass is 239 g/mol. The second-order valence-electron chi connectivity index (χ2n) is 3.83. The van der Waals surface area contributed by atoms with Gasteiger partial charge in [0.05, 0.1) is 5.56 Å². The highest BCUT2D eigenvalue weighted by molar-refractivity contribution is 5.90. The van der Waals surface area contributed by atoms with Crippen molar-refractivity contribution in [1.82, 2.24) is 0 Å². The maximum absolute atomic E-state index is 10.9. The Morgan fingerprint density at radius 1 is 1.35 bits per heavy atom. The Labute approximate surface area is 99.7 Å². The zero-order valence-electron chi connectivity index (χ0n) is 9.90. The van der Waals surface area contributed by atoms with Crippen molar-refractivity contribution >= 4 is 11.7 Å². The fraction of sp³-hybridized carbons (Fsp3) is 0.417. The average molecular weight is 239 g/mol. The van der Waals surface area contributed by atoms with Crippen LogP contribution in [-0.4, -0.2) is 27.2 Å². The number of hydrogen-bond acceptors (Lipinski definition) is 4. The summed E-state index contributed by atoms with van der Waals surface area (Å²) in [6.07, 6.45) is 0.683. The van der Waals surface area contributed by atoms with Crippen LogP contribution in [0.1, 0.15) is 36.2 Å². The van der Waals surface area contributed by atoms with Crippen LogP contribution in [0.3, 0.4) is 0 Å². The van der Waals surface area contributed by atoms with Crippen LogP contribution in [0.15, 0.2) is 18.2 Å². The predicted molar refractivity (Wildman–Crippen MR) is 63.9 cm³/mol. The molecule has 0 bridgehead atoms. The Morgan fingerprint density at radius 3 is 2.47 bits per heavy atom. The van der Waals surface area contributed by atoms with Crippen molar-refractivity contribution in [2.45, 2.75) is 32.6 Å². The van der Waals surface area contributed by atoms with E-state index in [2.05, 4.69) is 5.32 Å². The van der Waals surface area contributed by atoms with Gasteiger partial charge in [-0.15, -0.1) is 0 Å². The second kappa shape index (κ2) is 5.16. The number of aromatic carboxylic acids is 1. The van der Waals surface area contributed by atoms with Crippen molar-refractivity contribution in [2.24, 2.45) is 0 Å². The molecule has 0 aliphatic rings. The Bertz CT molecular complexity index is 415. The van der Waals surface area contributed by atoms with Crippen LogP contribution in [0.25, 0.3) is 0 Å². The minimum atomic E-state index is -1.98. The summed E-state index contributed by atoms with van der Waals surface area (Å²) in [6, 6.07) is 4.58. The van der Waals surface area contributed by atoms with E-state index >= 15 is 0 Å². The number of hydrogen-bond donors (Lipinski definition) is 4. The molecule has 0 saturated carbocycles. The van der Waals surface area contributed by atoms with Gasteiger partial charge < -0.3 is 20.6 Å². The van der Waals surface area contributed by atoms with Crippen LogP contribution in [-0.2, 0) is 6.42 Å². The molecule has 0 aliphatic heterocycles. The molecule has 0 saturated heterocycles. The summed E-state index contributed by atoms with van der Waals surface area (Å²) in [4.78, 5) is 10.9. The molecule has 17 heavy (non-hydrogen) atoms. The first-order valence-electron chi connectivity index (χ1n) is 5.48. The fourth-order valence-corrected chi connectivity index (χ4v) is 1.49. The Kier molecular flexibility index (Phi) is 4.09. The van der Waals surface area contributed by atoms with Crippen LogP contribution < -0.4 is 5.32 Å². The summed E-state index contributed by atoms with van der Waals surface area (Å²) in [7, 11) is 0. The number of carboxylic acids is 1. The number of nitrogens with one attached hydrogen (secondary N) is 1. The maximum atomic E-state index is 10.9. The summed E-state index contributed by atoms with van der Waals surface area (Å²) in [5.74, 6) is -2.96. The van der Waals surface area contributed by atoms with E-state index in [9.17, 15) is 15.0 Å². The number of carboxylic acid groups (broad SMARTS) is 1. The van der Waals surface area contributed by atoms with Gasteiger partial charge in [-0.2, -0.15) is 0 Å². The minimum absolute atomic E-state index is 0.120. The van der Waals surface area contributed by atoms with Gasteiger partial charge in [0.1, 0.15) is 0 Å². The smallest absolute Gasteiger partial charge is 0.335 e. The fourth-order valence-electron chi connectivity index (χ4n) is 1.49. The van der Waals surface area contributed by atoms with Gasteiger partial charge in [0.2, 0.25) is 5.91 Å². The molecule has 1 rings (SSSR count). The highest BCUT2D eigenvalue weighted by atomic mass is 16.5. The number of aliphatic hydroxyl groups is 2. The van der Waals surface area contributed by atoms with Crippen LogP contribution >= 0.6 is 0 Å². The van der Waals surface area contributed by atoms with Gasteiger partial charge in [-0.3, -0.25) is 0 Å². The lowest BCUT2D eigenvalue weighted by Gasteiger charge is -2.22. The van der Waals surface area contributed by atoms with E-state index in [0.717, 1.165) is 0 Å². The lowest BCUT2D eigenvalue weighted by molar-refractivity contribution is -0.137. The zero-order chi connectivity index (χ0) is 13.1. The minimum Gasteiger partial charge on any atom is -0.478 e. The van der Waals surface area contributed by atoms with E-state index < -0.39 is 11.9 Å². The van der Waals surface area contributed by atoms with E-state index in [-0.39, 0.29) is 12.0 Å². The molecule has 4 N–H and O–H groups in total. The summed E-state index contributed by atoms with van der Waals surface area (Å²) in [5.41, 5.74) is 1.36. The van der Waals surface area contributed by atoms with Gasteiger partial charge in [-0.05, 0) is 30.2 Å². The summed E-state index contributed by atoms with van der Waals surface area (Å²) in [5, 5.41) is 30.4. The Morgan fingerprint density at radius 2 is 2.00 bits per heavy atom. The van der Waals surface area contributed by atoms with Crippen molar-refractivity contribution in [3.8, 4) is 0 Å². The van der Waals surface area contributed by atoms with Gasteiger partial charge in [0, 0.05) is 12.1 Å². The standard InChI is InChI=1S/C12H17NO4/c1-3-8-7-9(13-12(16,17)4-2)5-6-10(8)11(14)15/h5-7,13,16-17H,3-4H2,1-2H3,(H,14,15).